The number of anilines is 1. The molecule has 0 aliphatic carbocycles. The topological polar surface area (TPSA) is 185 Å². The van der Waals surface area contributed by atoms with Crippen LogP contribution in [-0.4, -0.2) is 74.3 Å². The normalized spacial score (nSPS) is 25.4. The van der Waals surface area contributed by atoms with E-state index < -0.39 is 53.6 Å². The Morgan fingerprint density at radius 2 is 1.61 bits per heavy atom. The summed E-state index contributed by atoms with van der Waals surface area (Å²) in [6.07, 6.45) is -0.208. The van der Waals surface area contributed by atoms with E-state index in [-0.39, 0.29) is 40.4 Å². The van der Waals surface area contributed by atoms with Crippen LogP contribution in [0.15, 0.2) is 17.7 Å². The highest BCUT2D eigenvalue weighted by Crippen LogP contribution is 2.49. The molecule has 14 nitrogen and oxygen atoms in total. The molecule has 0 bridgehead atoms. The van der Waals surface area contributed by atoms with Gasteiger partial charge in [-0.05, 0) is 22.2 Å². The minimum absolute atomic E-state index is 0.0510. The van der Waals surface area contributed by atoms with E-state index in [4.69, 9.17) is 38.7 Å². The zero-order valence-electron chi connectivity index (χ0n) is 27.2. The summed E-state index contributed by atoms with van der Waals surface area (Å²) in [5, 5.41) is 4.11. The Morgan fingerprint density at radius 3 is 2.16 bits per heavy atom. The third-order valence-corrected chi connectivity index (χ3v) is 18.6. The molecule has 4 atom stereocenters. The highest BCUT2D eigenvalue weighted by atomic mass is 28.5. The van der Waals surface area contributed by atoms with E-state index in [1.165, 1.54) is 20.2 Å². The zero-order valence-corrected chi connectivity index (χ0v) is 29.2. The molecular formula is C28H46N6O8Si2. The largest absolute Gasteiger partial charge is 0.455 e. The van der Waals surface area contributed by atoms with Crippen LogP contribution in [0.1, 0.15) is 81.0 Å². The smallest absolute Gasteiger partial charge is 0.335 e. The van der Waals surface area contributed by atoms with Crippen LogP contribution in [0, 0.1) is 0 Å². The lowest BCUT2D eigenvalue weighted by molar-refractivity contribution is -0.155. The number of oxime groups is 1. The first-order valence-electron chi connectivity index (χ1n) is 15.0. The Hall–Kier alpha value is -2.90. The highest BCUT2D eigenvalue weighted by Gasteiger charge is 2.62. The van der Waals surface area contributed by atoms with Crippen LogP contribution in [0.5, 0.6) is 0 Å². The number of nitrogens with two attached hydrogens (primary N) is 2. The summed E-state index contributed by atoms with van der Waals surface area (Å²) in [5.74, 6) is -1.15. The van der Waals surface area contributed by atoms with E-state index >= 15 is 0 Å². The second kappa shape index (κ2) is 12.8. The molecule has 4 N–H and O–H groups in total. The van der Waals surface area contributed by atoms with Crippen molar-refractivity contribution in [3.63, 3.8) is 0 Å². The number of nitrogen functional groups attached to an aromatic ring is 1. The Bertz CT molecular complexity index is 1400. The van der Waals surface area contributed by atoms with Gasteiger partial charge in [0, 0.05) is 20.0 Å². The van der Waals surface area contributed by atoms with Gasteiger partial charge in [0.15, 0.2) is 18.2 Å². The third kappa shape index (κ3) is 6.02. The molecule has 0 saturated carbocycles. The molecule has 244 valence electrons. The SMILES string of the molecule is CC(=O)O/N=C(\N)c1cn([C@@H]2O[C@@H]3CO[Si](C(C)C)(C(C)C)O[Si](C(C)C)(C(C)C)O[C@H]3[C@H]2OC(C)=O)c2ncnc(N)c12. The molecule has 0 spiro atoms. The van der Waals surface area contributed by atoms with Gasteiger partial charge in [0.25, 0.3) is 0 Å². The average molecular weight is 651 g/mol. The molecule has 2 aromatic heterocycles. The van der Waals surface area contributed by atoms with E-state index in [0.717, 1.165) is 0 Å². The molecule has 2 aliphatic heterocycles. The van der Waals surface area contributed by atoms with Crippen LogP contribution in [-0.2, 0) is 36.9 Å². The van der Waals surface area contributed by atoms with Gasteiger partial charge in [-0.3, -0.25) is 4.79 Å². The summed E-state index contributed by atoms with van der Waals surface area (Å²) in [5.41, 5.74) is 13.5. The van der Waals surface area contributed by atoms with Gasteiger partial charge in [0.05, 0.1) is 17.6 Å². The number of hydrogen-bond donors (Lipinski definition) is 2. The third-order valence-electron chi connectivity index (χ3n) is 8.38. The number of esters is 1. The first kappa shape index (κ1) is 34.0. The van der Waals surface area contributed by atoms with E-state index in [2.05, 4.69) is 70.5 Å². The number of aromatic nitrogens is 3. The van der Waals surface area contributed by atoms with Crippen LogP contribution in [0.4, 0.5) is 5.82 Å². The molecule has 44 heavy (non-hydrogen) atoms. The number of rotatable bonds is 8. The van der Waals surface area contributed by atoms with Crippen molar-refractivity contribution in [2.75, 3.05) is 12.3 Å². The van der Waals surface area contributed by atoms with Gasteiger partial charge in [-0.2, -0.15) is 0 Å². The number of ether oxygens (including phenoxy) is 2. The number of nitrogens with zero attached hydrogens (tertiary/aromatic N) is 4. The molecule has 4 rings (SSSR count). The predicted octanol–water partition coefficient (Wildman–Crippen LogP) is 3.98. The van der Waals surface area contributed by atoms with Crippen molar-refractivity contribution in [3.05, 3.63) is 18.1 Å². The van der Waals surface area contributed by atoms with Gasteiger partial charge in [-0.15, -0.1) is 0 Å². The van der Waals surface area contributed by atoms with Crippen molar-refractivity contribution in [1.29, 1.82) is 0 Å². The second-order valence-electron chi connectivity index (χ2n) is 12.7. The number of amidine groups is 1. The lowest BCUT2D eigenvalue weighted by Gasteiger charge is -2.51. The van der Waals surface area contributed by atoms with Gasteiger partial charge in [0.1, 0.15) is 30.0 Å². The van der Waals surface area contributed by atoms with Crippen LogP contribution in [0.3, 0.4) is 0 Å². The summed E-state index contributed by atoms with van der Waals surface area (Å²) in [4.78, 5) is 37.3. The van der Waals surface area contributed by atoms with Gasteiger partial charge >= 0.3 is 29.1 Å². The summed E-state index contributed by atoms with van der Waals surface area (Å²) < 4.78 is 35.7. The van der Waals surface area contributed by atoms with E-state index in [1.54, 1.807) is 10.8 Å². The molecule has 0 unspecified atom stereocenters. The molecule has 2 aromatic rings. The lowest BCUT2D eigenvalue weighted by atomic mass is 10.1. The monoisotopic (exact) mass is 650 g/mol. The number of hydrogen-bond acceptors (Lipinski definition) is 12. The first-order chi connectivity index (χ1) is 20.6. The maximum Gasteiger partial charge on any atom is 0.335 e. The lowest BCUT2D eigenvalue weighted by Crippen LogP contribution is -2.66. The maximum absolute atomic E-state index is 12.6. The molecule has 16 heteroatoms. The van der Waals surface area contributed by atoms with Crippen molar-refractivity contribution >= 4 is 51.7 Å². The highest BCUT2D eigenvalue weighted by molar-refractivity contribution is 6.84. The summed E-state index contributed by atoms with van der Waals surface area (Å²) in [7, 11) is -5.91. The number of carbonyl (C=O) groups is 2. The molecule has 0 amide bonds. The van der Waals surface area contributed by atoms with Crippen molar-refractivity contribution in [3.8, 4) is 0 Å². The van der Waals surface area contributed by atoms with Crippen molar-refractivity contribution in [2.24, 2.45) is 10.9 Å². The predicted molar refractivity (Wildman–Crippen MR) is 168 cm³/mol. The van der Waals surface area contributed by atoms with Gasteiger partial charge in [0.2, 0.25) is 0 Å². The Labute approximate surface area is 260 Å². The second-order valence-corrected chi connectivity index (χ2v) is 21.5. The van der Waals surface area contributed by atoms with Gasteiger partial charge in [-0.25, -0.2) is 14.8 Å². The maximum atomic E-state index is 12.6. The van der Waals surface area contributed by atoms with Crippen LogP contribution in [0.2, 0.25) is 22.2 Å². The average Bonchev–Trinajstić information content (AvgIpc) is 3.45. The molecule has 0 aromatic carbocycles. The minimum Gasteiger partial charge on any atom is -0.455 e. The molecule has 0 radical (unpaired) electrons. The van der Waals surface area contributed by atoms with E-state index in [9.17, 15) is 9.59 Å². The summed E-state index contributed by atoms with van der Waals surface area (Å²) in [6.45, 7) is 19.8. The van der Waals surface area contributed by atoms with Crippen molar-refractivity contribution in [1.82, 2.24) is 14.5 Å². The number of carbonyl (C=O) groups excluding carboxylic acids is 2. The minimum atomic E-state index is -3.06. The van der Waals surface area contributed by atoms with Crippen molar-refractivity contribution in [2.45, 2.75) is 116 Å². The Morgan fingerprint density at radius 1 is 1.00 bits per heavy atom. The molecule has 2 aliphatic rings. The molecule has 2 fully saturated rings. The molecule has 4 heterocycles. The van der Waals surface area contributed by atoms with Crippen LogP contribution in [0.25, 0.3) is 11.0 Å². The fourth-order valence-electron chi connectivity index (χ4n) is 6.32. The quantitative estimate of drug-likeness (QED) is 0.105. The molecule has 2 saturated heterocycles. The Balaban J connectivity index is 1.90. The van der Waals surface area contributed by atoms with Crippen molar-refractivity contribution < 1.29 is 36.9 Å². The fraction of sp³-hybridized carbons (Fsp3) is 0.679. The summed E-state index contributed by atoms with van der Waals surface area (Å²) >= 11 is 0. The standard InChI is InChI=1S/C28H46N6O8Si2/c1-14(2)43(15(3)4)37-12-21-23(41-44(42-43,16(5)6)17(7)8)24(38-18(9)35)28(39-21)34-11-20(25(29)33-40-19(10)36)22-26(30)31-13-32-27(22)34/h11,13-17,21,23-24,28H,12H2,1-10H3,(H2,29,33)(H2,30,31,32)/t21-,23-,24-,28-/m1/s1. The van der Waals surface area contributed by atoms with Gasteiger partial charge in [-0.1, -0.05) is 60.5 Å². The van der Waals surface area contributed by atoms with Crippen LogP contribution < -0.4 is 11.5 Å². The number of fused-ring (bicyclic) bond motifs is 2. The zero-order chi connectivity index (χ0) is 32.7. The molecular weight excluding hydrogens is 605 g/mol. The van der Waals surface area contributed by atoms with E-state index in [1.807, 2.05) is 0 Å². The van der Waals surface area contributed by atoms with E-state index in [0.29, 0.717) is 16.6 Å². The van der Waals surface area contributed by atoms with Gasteiger partial charge < -0.3 is 43.3 Å². The summed E-state index contributed by atoms with van der Waals surface area (Å²) in [6, 6.07) is 0. The van der Waals surface area contributed by atoms with Crippen LogP contribution >= 0.6 is 0 Å². The first-order valence-corrected chi connectivity index (χ1v) is 19.0. The fourth-order valence-corrected chi connectivity index (χ4v) is 17.5. The Kier molecular flexibility index (Phi) is 9.92.